The molecule has 5 unspecified atom stereocenters. The van der Waals surface area contributed by atoms with Crippen LogP contribution < -0.4 is 5.32 Å². The molecule has 6 aliphatic rings. The van der Waals surface area contributed by atoms with Crippen molar-refractivity contribution in [1.82, 2.24) is 5.32 Å². The number of ether oxygens (including phenoxy) is 2. The van der Waals surface area contributed by atoms with E-state index in [0.29, 0.717) is 40.5 Å². The second-order valence-electron chi connectivity index (χ2n) is 15.5. The van der Waals surface area contributed by atoms with Crippen molar-refractivity contribution in [2.75, 3.05) is 13.7 Å². The molecule has 5 nitrogen and oxygen atoms in total. The molecule has 10 atom stereocenters. The van der Waals surface area contributed by atoms with Gasteiger partial charge in [-0.2, -0.15) is 0 Å². The van der Waals surface area contributed by atoms with Crippen molar-refractivity contribution in [1.29, 1.82) is 0 Å². The van der Waals surface area contributed by atoms with E-state index in [1.54, 1.807) is 7.11 Å². The van der Waals surface area contributed by atoms with E-state index in [0.717, 1.165) is 38.7 Å². The minimum absolute atomic E-state index is 0.00315. The number of nitrogens with one attached hydrogen (secondary N) is 1. The number of aliphatic hydroxyl groups is 1. The van der Waals surface area contributed by atoms with Crippen LogP contribution >= 0.6 is 0 Å². The van der Waals surface area contributed by atoms with Crippen LogP contribution in [0.1, 0.15) is 112 Å². The van der Waals surface area contributed by atoms with Gasteiger partial charge in [0.25, 0.3) is 0 Å². The van der Waals surface area contributed by atoms with Gasteiger partial charge in [0.1, 0.15) is 6.10 Å². The summed E-state index contributed by atoms with van der Waals surface area (Å²) in [5, 5.41) is 14.9. The molecule has 6 fully saturated rings. The Hall–Kier alpha value is -0.810. The van der Waals surface area contributed by atoms with Gasteiger partial charge < -0.3 is 19.9 Å². The predicted octanol–water partition coefficient (Wildman–Crippen LogP) is 6.72. The predicted molar refractivity (Wildman–Crippen MR) is 145 cm³/mol. The first kappa shape index (κ1) is 26.4. The first-order valence-corrected chi connectivity index (χ1v) is 15.6. The number of rotatable bonds is 6. The van der Waals surface area contributed by atoms with Crippen molar-refractivity contribution < 1.29 is 19.4 Å². The molecule has 1 amide bonds. The summed E-state index contributed by atoms with van der Waals surface area (Å²) in [6.45, 7) is 13.0. The summed E-state index contributed by atoms with van der Waals surface area (Å²) >= 11 is 0. The summed E-state index contributed by atoms with van der Waals surface area (Å²) in [7, 11) is 1.81. The van der Waals surface area contributed by atoms with Gasteiger partial charge in [0.05, 0.1) is 6.10 Å². The van der Waals surface area contributed by atoms with E-state index in [1.165, 1.54) is 44.9 Å². The van der Waals surface area contributed by atoms with Gasteiger partial charge >= 0.3 is 6.09 Å². The van der Waals surface area contributed by atoms with Gasteiger partial charge in [-0.25, -0.2) is 4.79 Å². The Morgan fingerprint density at radius 3 is 2.38 bits per heavy atom. The number of fused-ring (bicyclic) bond motifs is 2. The second kappa shape index (κ2) is 8.59. The van der Waals surface area contributed by atoms with Crippen LogP contribution in [-0.2, 0) is 9.47 Å². The Balaban J connectivity index is 1.23. The van der Waals surface area contributed by atoms with Crippen LogP contribution in [0.2, 0.25) is 0 Å². The lowest BCUT2D eigenvalue weighted by Gasteiger charge is -2.63. The molecule has 0 aliphatic heterocycles. The number of carbonyl (C=O) groups excluding carboxylic acids is 1. The number of hydrogen-bond donors (Lipinski definition) is 2. The van der Waals surface area contributed by atoms with E-state index >= 15 is 0 Å². The number of carbonyl (C=O) groups is 1. The molecular formula is C32H53NO4. The number of aliphatic hydroxyl groups excluding tert-OH is 1. The highest BCUT2D eigenvalue weighted by Gasteiger charge is 2.83. The molecule has 0 aromatic rings. The molecule has 0 aromatic heterocycles. The molecule has 6 saturated carbocycles. The zero-order chi connectivity index (χ0) is 26.4. The first-order chi connectivity index (χ1) is 17.5. The minimum Gasteiger partial charge on any atom is -0.446 e. The van der Waals surface area contributed by atoms with Gasteiger partial charge in [0, 0.05) is 30.6 Å². The fourth-order valence-electron chi connectivity index (χ4n) is 11.9. The van der Waals surface area contributed by atoms with Crippen LogP contribution in [-0.4, -0.2) is 43.2 Å². The van der Waals surface area contributed by atoms with Crippen LogP contribution in [0.4, 0.5) is 4.79 Å². The van der Waals surface area contributed by atoms with E-state index in [4.69, 9.17) is 9.47 Å². The Labute approximate surface area is 225 Å². The third-order valence-corrected chi connectivity index (χ3v) is 14.3. The maximum atomic E-state index is 12.7. The molecule has 2 N–H and O–H groups in total. The third-order valence-electron chi connectivity index (χ3n) is 14.3. The summed E-state index contributed by atoms with van der Waals surface area (Å²) in [5.41, 5.74) is 0.948. The highest BCUT2D eigenvalue weighted by atomic mass is 16.6. The molecule has 37 heavy (non-hydrogen) atoms. The van der Waals surface area contributed by atoms with Crippen LogP contribution in [0.3, 0.4) is 0 Å². The minimum atomic E-state index is -0.202. The number of methoxy groups -OCH3 is 1. The Morgan fingerprint density at radius 1 is 1.00 bits per heavy atom. The van der Waals surface area contributed by atoms with Crippen molar-refractivity contribution >= 4 is 6.09 Å². The number of amides is 1. The molecule has 6 aliphatic carbocycles. The topological polar surface area (TPSA) is 67.8 Å². The van der Waals surface area contributed by atoms with Crippen molar-refractivity contribution in [2.45, 2.75) is 130 Å². The Morgan fingerprint density at radius 2 is 1.70 bits per heavy atom. The summed E-state index contributed by atoms with van der Waals surface area (Å²) in [4.78, 5) is 12.7. The van der Waals surface area contributed by atoms with E-state index in [9.17, 15) is 9.90 Å². The normalized spacial score (nSPS) is 50.5. The van der Waals surface area contributed by atoms with Crippen molar-refractivity contribution in [3.8, 4) is 0 Å². The fraction of sp³-hybridized carbons (Fsp3) is 0.969. The average molecular weight is 516 g/mol. The van der Waals surface area contributed by atoms with Crippen molar-refractivity contribution in [2.24, 2.45) is 50.7 Å². The fourth-order valence-corrected chi connectivity index (χ4v) is 11.9. The van der Waals surface area contributed by atoms with Gasteiger partial charge in [-0.3, -0.25) is 0 Å². The lowest BCUT2D eigenvalue weighted by atomic mass is 9.41. The molecule has 0 saturated heterocycles. The summed E-state index contributed by atoms with van der Waals surface area (Å²) in [5.74, 6) is 2.37. The largest absolute Gasteiger partial charge is 0.446 e. The van der Waals surface area contributed by atoms with Gasteiger partial charge in [-0.15, -0.1) is 0 Å². The van der Waals surface area contributed by atoms with E-state index in [2.05, 4.69) is 39.9 Å². The zero-order valence-corrected chi connectivity index (χ0v) is 24.4. The standard InChI is InChI=1S/C32H53NO4/c1-20(13-17-36-6)22-18-25(34)30(5)24-11-10-23-28(2,3)26(37-27(35)33-21-8-7-9-21)12-14-31(23)19-32(24,31)16-15-29(22,30)4/h20-26,34H,7-19H2,1-6H3,(H,33,35)/t20-,22-,23+,24?,25+,26?,29?,30-,31?,32?/m1/s1. The molecule has 6 rings (SSSR count). The molecule has 0 aromatic carbocycles. The molecule has 0 heterocycles. The maximum Gasteiger partial charge on any atom is 0.407 e. The van der Waals surface area contributed by atoms with Crippen LogP contribution in [0.25, 0.3) is 0 Å². The quantitative estimate of drug-likeness (QED) is 0.412. The Bertz CT molecular complexity index is 916. The molecule has 5 heteroatoms. The second-order valence-corrected chi connectivity index (χ2v) is 15.5. The van der Waals surface area contributed by atoms with E-state index in [1.807, 2.05) is 0 Å². The van der Waals surface area contributed by atoms with Gasteiger partial charge in [-0.1, -0.05) is 34.6 Å². The first-order valence-electron chi connectivity index (χ1n) is 15.6. The van der Waals surface area contributed by atoms with Crippen LogP contribution in [0.15, 0.2) is 0 Å². The number of alkyl carbamates (subject to hydrolysis) is 1. The highest BCUT2D eigenvalue weighted by molar-refractivity contribution is 5.68. The smallest absolute Gasteiger partial charge is 0.407 e. The lowest BCUT2D eigenvalue weighted by molar-refractivity contribution is -0.181. The zero-order valence-electron chi connectivity index (χ0n) is 24.4. The monoisotopic (exact) mass is 515 g/mol. The lowest BCUT2D eigenvalue weighted by Crippen LogP contribution is -2.60. The Kier molecular flexibility index (Phi) is 6.13. The van der Waals surface area contributed by atoms with Crippen LogP contribution in [0, 0.1) is 50.7 Å². The molecule has 210 valence electrons. The summed E-state index contributed by atoms with van der Waals surface area (Å²) in [6, 6.07) is 0.323. The average Bonchev–Trinajstić information content (AvgIpc) is 3.44. The SMILES string of the molecule is COCC[C@@H](C)[C@H]1C[C@H](O)[C@@]2(C)C3CC[C@H]4C(C)(C)C(OC(=O)NC5CCC5)CCC45CC35CCC12C. The van der Waals surface area contributed by atoms with Gasteiger partial charge in [0.2, 0.25) is 0 Å². The van der Waals surface area contributed by atoms with Crippen molar-refractivity contribution in [3.05, 3.63) is 0 Å². The van der Waals surface area contributed by atoms with E-state index in [-0.39, 0.29) is 34.5 Å². The summed E-state index contributed by atoms with van der Waals surface area (Å²) in [6.07, 6.45) is 13.6. The van der Waals surface area contributed by atoms with Crippen molar-refractivity contribution in [3.63, 3.8) is 0 Å². The van der Waals surface area contributed by atoms with E-state index < -0.39 is 0 Å². The van der Waals surface area contributed by atoms with Gasteiger partial charge in [0.15, 0.2) is 0 Å². The number of hydrogen-bond acceptors (Lipinski definition) is 4. The molecule has 0 bridgehead atoms. The third kappa shape index (κ3) is 3.37. The highest BCUT2D eigenvalue weighted by Crippen LogP contribution is 2.89. The molecule has 2 spiro atoms. The molecular weight excluding hydrogens is 462 g/mol. The maximum absolute atomic E-state index is 12.7. The molecule has 0 radical (unpaired) electrons. The van der Waals surface area contributed by atoms with Gasteiger partial charge in [-0.05, 0) is 117 Å². The van der Waals surface area contributed by atoms with Crippen LogP contribution in [0.5, 0.6) is 0 Å². The summed E-state index contributed by atoms with van der Waals surface area (Å²) < 4.78 is 11.6.